The van der Waals surface area contributed by atoms with Crippen molar-refractivity contribution in [3.8, 4) is 17.2 Å². The van der Waals surface area contributed by atoms with Crippen LogP contribution in [-0.4, -0.2) is 34.6 Å². The lowest BCUT2D eigenvalue weighted by atomic mass is 9.97. The normalized spacial score (nSPS) is 16.8. The zero-order valence-electron chi connectivity index (χ0n) is 19.3. The van der Waals surface area contributed by atoms with Crippen molar-refractivity contribution in [2.75, 3.05) is 24.3 Å². The Balaban J connectivity index is 1.61. The monoisotopic (exact) mass is 482 g/mol. The molecule has 3 aromatic rings. The van der Waals surface area contributed by atoms with Gasteiger partial charge in [-0.3, -0.25) is 9.52 Å². The van der Waals surface area contributed by atoms with Gasteiger partial charge in [-0.05, 0) is 55.5 Å². The number of ether oxygens (including phenoxy) is 3. The van der Waals surface area contributed by atoms with Crippen LogP contribution in [0, 0.1) is 0 Å². The number of carbonyl (C=O) groups is 1. The van der Waals surface area contributed by atoms with Crippen LogP contribution in [0.3, 0.4) is 0 Å². The van der Waals surface area contributed by atoms with E-state index in [1.807, 2.05) is 19.1 Å². The number of sulfonamides is 1. The number of hydrogen-bond donors (Lipinski definition) is 2. The lowest BCUT2D eigenvalue weighted by Crippen LogP contribution is -2.17. The first-order valence-corrected chi connectivity index (χ1v) is 12.2. The predicted octanol–water partition coefficient (Wildman–Crippen LogP) is 4.64. The molecule has 0 saturated carbocycles. The SMILES string of the molecule is COc1ccc(NS(=O)(=O)c2cc(NC(=O)c3cccc4c3O[C@@H](C)[C@H]4C)ccc2OC)cc1. The van der Waals surface area contributed by atoms with Crippen molar-refractivity contribution >= 4 is 27.3 Å². The summed E-state index contributed by atoms with van der Waals surface area (Å²) in [4.78, 5) is 12.9. The molecule has 0 fully saturated rings. The van der Waals surface area contributed by atoms with E-state index in [0.29, 0.717) is 28.4 Å². The van der Waals surface area contributed by atoms with E-state index in [0.717, 1.165) is 5.56 Å². The maximum absolute atomic E-state index is 13.1. The van der Waals surface area contributed by atoms with Crippen molar-refractivity contribution in [2.45, 2.75) is 30.8 Å². The summed E-state index contributed by atoms with van der Waals surface area (Å²) in [6, 6.07) is 16.4. The van der Waals surface area contributed by atoms with Crippen molar-refractivity contribution < 1.29 is 27.4 Å². The molecule has 34 heavy (non-hydrogen) atoms. The molecule has 1 aliphatic rings. The minimum absolute atomic E-state index is 0.0364. The molecular weight excluding hydrogens is 456 g/mol. The highest BCUT2D eigenvalue weighted by Crippen LogP contribution is 2.40. The molecule has 0 spiro atoms. The summed E-state index contributed by atoms with van der Waals surface area (Å²) in [6.07, 6.45) is -0.0364. The van der Waals surface area contributed by atoms with Crippen LogP contribution in [0.1, 0.15) is 35.7 Å². The van der Waals surface area contributed by atoms with Crippen LogP contribution < -0.4 is 24.2 Å². The Kier molecular flexibility index (Phi) is 6.39. The van der Waals surface area contributed by atoms with Crippen LogP contribution in [0.4, 0.5) is 11.4 Å². The molecule has 1 aliphatic heterocycles. The van der Waals surface area contributed by atoms with Gasteiger partial charge in [0.25, 0.3) is 15.9 Å². The molecule has 0 saturated heterocycles. The fourth-order valence-corrected chi connectivity index (χ4v) is 5.05. The van der Waals surface area contributed by atoms with E-state index in [1.165, 1.54) is 26.4 Å². The van der Waals surface area contributed by atoms with Gasteiger partial charge in [0.1, 0.15) is 28.2 Å². The summed E-state index contributed by atoms with van der Waals surface area (Å²) in [6.45, 7) is 4.01. The van der Waals surface area contributed by atoms with Gasteiger partial charge in [-0.2, -0.15) is 0 Å². The third-order valence-electron chi connectivity index (χ3n) is 5.84. The number of methoxy groups -OCH3 is 2. The number of hydrogen-bond acceptors (Lipinski definition) is 6. The van der Waals surface area contributed by atoms with Gasteiger partial charge in [0.2, 0.25) is 0 Å². The molecule has 9 heteroatoms. The minimum Gasteiger partial charge on any atom is -0.497 e. The highest BCUT2D eigenvalue weighted by Gasteiger charge is 2.31. The van der Waals surface area contributed by atoms with Gasteiger partial charge < -0.3 is 19.5 Å². The molecule has 3 aromatic carbocycles. The van der Waals surface area contributed by atoms with Crippen LogP contribution in [-0.2, 0) is 10.0 Å². The summed E-state index contributed by atoms with van der Waals surface area (Å²) >= 11 is 0. The van der Waals surface area contributed by atoms with Crippen molar-refractivity contribution in [3.63, 3.8) is 0 Å². The largest absolute Gasteiger partial charge is 0.497 e. The fraction of sp³-hybridized carbons (Fsp3) is 0.240. The molecule has 2 N–H and O–H groups in total. The van der Waals surface area contributed by atoms with Gasteiger partial charge >= 0.3 is 0 Å². The van der Waals surface area contributed by atoms with E-state index < -0.39 is 15.9 Å². The number of amides is 1. The molecule has 0 aliphatic carbocycles. The number of benzene rings is 3. The Morgan fingerprint density at radius 3 is 2.32 bits per heavy atom. The summed E-state index contributed by atoms with van der Waals surface area (Å²) in [5.41, 5.74) is 2.03. The second kappa shape index (κ2) is 9.26. The third kappa shape index (κ3) is 4.51. The van der Waals surface area contributed by atoms with Gasteiger partial charge in [-0.1, -0.05) is 19.1 Å². The van der Waals surface area contributed by atoms with E-state index in [2.05, 4.69) is 17.0 Å². The maximum atomic E-state index is 13.1. The number of carbonyl (C=O) groups excluding carboxylic acids is 1. The summed E-state index contributed by atoms with van der Waals surface area (Å²) < 4.78 is 45.0. The second-order valence-corrected chi connectivity index (χ2v) is 9.64. The third-order valence-corrected chi connectivity index (χ3v) is 7.24. The Morgan fingerprint density at radius 2 is 1.65 bits per heavy atom. The first-order valence-electron chi connectivity index (χ1n) is 10.7. The minimum atomic E-state index is -4.01. The highest BCUT2D eigenvalue weighted by molar-refractivity contribution is 7.92. The molecule has 8 nitrogen and oxygen atoms in total. The average molecular weight is 483 g/mol. The number of nitrogens with one attached hydrogen (secondary N) is 2. The van der Waals surface area contributed by atoms with E-state index in [4.69, 9.17) is 14.2 Å². The zero-order valence-corrected chi connectivity index (χ0v) is 20.1. The number of rotatable bonds is 7. The molecule has 178 valence electrons. The first kappa shape index (κ1) is 23.4. The zero-order chi connectivity index (χ0) is 24.5. The highest BCUT2D eigenvalue weighted by atomic mass is 32.2. The van der Waals surface area contributed by atoms with E-state index >= 15 is 0 Å². The summed E-state index contributed by atoms with van der Waals surface area (Å²) in [7, 11) is -1.10. The maximum Gasteiger partial charge on any atom is 0.265 e. The van der Waals surface area contributed by atoms with Crippen molar-refractivity contribution in [2.24, 2.45) is 0 Å². The second-order valence-electron chi connectivity index (χ2n) is 7.99. The molecule has 0 radical (unpaired) electrons. The van der Waals surface area contributed by atoms with Crippen LogP contribution in [0.2, 0.25) is 0 Å². The van der Waals surface area contributed by atoms with Gasteiger partial charge in [0, 0.05) is 22.9 Å². The number of fused-ring (bicyclic) bond motifs is 1. The smallest absolute Gasteiger partial charge is 0.265 e. The van der Waals surface area contributed by atoms with Crippen molar-refractivity contribution in [1.29, 1.82) is 0 Å². The molecular formula is C25H26N2O6S. The molecule has 4 rings (SSSR count). The average Bonchev–Trinajstić information content (AvgIpc) is 3.12. The summed E-state index contributed by atoms with van der Waals surface area (Å²) in [5, 5.41) is 2.78. The Labute approximate surface area is 198 Å². The predicted molar refractivity (Wildman–Crippen MR) is 130 cm³/mol. The van der Waals surface area contributed by atoms with Crippen LogP contribution in [0.25, 0.3) is 0 Å². The van der Waals surface area contributed by atoms with E-state index in [-0.39, 0.29) is 22.7 Å². The lowest BCUT2D eigenvalue weighted by Gasteiger charge is -2.14. The van der Waals surface area contributed by atoms with Crippen LogP contribution in [0.15, 0.2) is 65.6 Å². The number of anilines is 2. The van der Waals surface area contributed by atoms with Crippen molar-refractivity contribution in [1.82, 2.24) is 0 Å². The topological polar surface area (TPSA) is 103 Å². The Morgan fingerprint density at radius 1 is 0.941 bits per heavy atom. The van der Waals surface area contributed by atoms with Crippen LogP contribution in [0.5, 0.6) is 17.2 Å². The van der Waals surface area contributed by atoms with Gasteiger partial charge in [0.15, 0.2) is 0 Å². The standard InChI is InChI=1S/C25H26N2O6S/c1-15-16(2)33-24-20(15)6-5-7-21(24)25(28)26-18-10-13-22(32-4)23(14-18)34(29,30)27-17-8-11-19(31-3)12-9-17/h5-16,27H,1-4H3,(H,26,28)/t15-,16+/m1/s1. The summed E-state index contributed by atoms with van der Waals surface area (Å²) in [5.74, 6) is 1.08. The molecule has 1 heterocycles. The first-order chi connectivity index (χ1) is 16.2. The van der Waals surface area contributed by atoms with Gasteiger partial charge in [-0.25, -0.2) is 8.42 Å². The van der Waals surface area contributed by atoms with E-state index in [9.17, 15) is 13.2 Å². The quantitative estimate of drug-likeness (QED) is 0.509. The van der Waals surface area contributed by atoms with E-state index in [1.54, 1.807) is 36.4 Å². The Bertz CT molecular complexity index is 1320. The fourth-order valence-electron chi connectivity index (χ4n) is 3.80. The van der Waals surface area contributed by atoms with Gasteiger partial charge in [0.05, 0.1) is 19.8 Å². The van der Waals surface area contributed by atoms with Crippen molar-refractivity contribution in [3.05, 3.63) is 71.8 Å². The molecule has 0 unspecified atom stereocenters. The molecule has 1 amide bonds. The molecule has 2 atom stereocenters. The molecule has 0 aromatic heterocycles. The lowest BCUT2D eigenvalue weighted by molar-refractivity contribution is 0.102. The van der Waals surface area contributed by atoms with Gasteiger partial charge in [-0.15, -0.1) is 0 Å². The number of para-hydroxylation sites is 1. The molecule has 0 bridgehead atoms. The Hall–Kier alpha value is -3.72. The van der Waals surface area contributed by atoms with Crippen LogP contribution >= 0.6 is 0 Å².